The number of nitrogens with one attached hydrogen (secondary N) is 2. The van der Waals surface area contributed by atoms with Crippen LogP contribution in [-0.2, 0) is 9.47 Å². The van der Waals surface area contributed by atoms with Gasteiger partial charge in [-0.05, 0) is 47.9 Å². The van der Waals surface area contributed by atoms with Crippen LogP contribution in [0.25, 0.3) is 12.2 Å². The van der Waals surface area contributed by atoms with E-state index in [1.807, 2.05) is 79.7 Å². The van der Waals surface area contributed by atoms with Gasteiger partial charge in [0.15, 0.2) is 0 Å². The van der Waals surface area contributed by atoms with Gasteiger partial charge in [-0.3, -0.25) is 10.6 Å². The smallest absolute Gasteiger partial charge is 0.411 e. The Labute approximate surface area is 193 Å². The first-order valence-corrected chi connectivity index (χ1v) is 10.5. The highest BCUT2D eigenvalue weighted by Crippen LogP contribution is 2.20. The average Bonchev–Trinajstić information content (AvgIpc) is 2.83. The van der Waals surface area contributed by atoms with Gasteiger partial charge in [-0.1, -0.05) is 78.9 Å². The van der Waals surface area contributed by atoms with Crippen LogP contribution in [0.4, 0.5) is 21.0 Å². The second-order valence-electron chi connectivity index (χ2n) is 7.10. The summed E-state index contributed by atoms with van der Waals surface area (Å²) in [7, 11) is 0. The molecule has 0 aromatic heterocycles. The van der Waals surface area contributed by atoms with E-state index >= 15 is 0 Å². The van der Waals surface area contributed by atoms with Crippen molar-refractivity contribution < 1.29 is 19.1 Å². The Morgan fingerprint density at radius 3 is 1.79 bits per heavy atom. The minimum atomic E-state index is -0.587. The molecule has 33 heavy (non-hydrogen) atoms. The molecule has 0 radical (unpaired) electrons. The molecule has 0 saturated heterocycles. The van der Waals surface area contributed by atoms with Crippen LogP contribution in [0.3, 0.4) is 0 Å². The number of hydrogen-bond acceptors (Lipinski definition) is 4. The van der Waals surface area contributed by atoms with E-state index in [1.54, 1.807) is 30.4 Å². The van der Waals surface area contributed by atoms with Gasteiger partial charge in [0.05, 0.1) is 0 Å². The maximum absolute atomic E-state index is 12.1. The molecule has 0 saturated carbocycles. The standard InChI is InChI=1S/C27H26N2O4/c1-21-16-17-24(28-26(30)32-18-8-14-22-10-4-2-5-11-22)20-25(21)29-27(31)33-19-9-15-23-12-6-3-7-13-23/h2-17,20H,18-19H2,1H3,(H,28,30)(H,29,31)/b14-8+,15-9+. The molecule has 0 heterocycles. The average molecular weight is 443 g/mol. The molecule has 0 atom stereocenters. The molecule has 6 nitrogen and oxygen atoms in total. The number of rotatable bonds is 8. The van der Waals surface area contributed by atoms with Gasteiger partial charge < -0.3 is 9.47 Å². The molecule has 0 fully saturated rings. The molecular formula is C27H26N2O4. The minimum Gasteiger partial charge on any atom is -0.445 e. The van der Waals surface area contributed by atoms with Gasteiger partial charge in [-0.25, -0.2) is 9.59 Å². The fraction of sp³-hybridized carbons (Fsp3) is 0.111. The lowest BCUT2D eigenvalue weighted by atomic mass is 10.2. The van der Waals surface area contributed by atoms with E-state index in [-0.39, 0.29) is 13.2 Å². The summed E-state index contributed by atoms with van der Waals surface area (Å²) in [5.41, 5.74) is 3.92. The van der Waals surface area contributed by atoms with E-state index in [0.29, 0.717) is 11.4 Å². The first-order chi connectivity index (χ1) is 16.1. The van der Waals surface area contributed by atoms with Crippen LogP contribution >= 0.6 is 0 Å². The molecule has 0 aliphatic carbocycles. The zero-order valence-corrected chi connectivity index (χ0v) is 18.4. The van der Waals surface area contributed by atoms with Crippen molar-refractivity contribution in [3.8, 4) is 0 Å². The Hall–Kier alpha value is -4.32. The summed E-state index contributed by atoms with van der Waals surface area (Å²) < 4.78 is 10.4. The summed E-state index contributed by atoms with van der Waals surface area (Å²) in [5, 5.41) is 5.35. The molecule has 168 valence electrons. The van der Waals surface area contributed by atoms with E-state index in [1.165, 1.54) is 0 Å². The highest BCUT2D eigenvalue weighted by molar-refractivity contribution is 5.89. The van der Waals surface area contributed by atoms with Crippen LogP contribution < -0.4 is 10.6 Å². The minimum absolute atomic E-state index is 0.139. The van der Waals surface area contributed by atoms with Crippen molar-refractivity contribution in [2.24, 2.45) is 0 Å². The van der Waals surface area contributed by atoms with Crippen molar-refractivity contribution in [2.45, 2.75) is 6.92 Å². The summed E-state index contributed by atoms with van der Waals surface area (Å²) in [6.07, 6.45) is 6.12. The molecule has 6 heteroatoms. The first kappa shape index (κ1) is 23.3. The van der Waals surface area contributed by atoms with Crippen molar-refractivity contribution in [1.82, 2.24) is 0 Å². The summed E-state index contributed by atoms with van der Waals surface area (Å²) in [6.45, 7) is 2.13. The third kappa shape index (κ3) is 8.38. The van der Waals surface area contributed by atoms with Gasteiger partial charge in [-0.15, -0.1) is 0 Å². The topological polar surface area (TPSA) is 76.7 Å². The zero-order chi connectivity index (χ0) is 23.3. The number of benzene rings is 3. The van der Waals surface area contributed by atoms with Crippen molar-refractivity contribution in [2.75, 3.05) is 23.8 Å². The van der Waals surface area contributed by atoms with Gasteiger partial charge >= 0.3 is 12.2 Å². The van der Waals surface area contributed by atoms with E-state index in [2.05, 4.69) is 10.6 Å². The summed E-state index contributed by atoms with van der Waals surface area (Å²) in [4.78, 5) is 24.2. The maximum atomic E-state index is 12.1. The van der Waals surface area contributed by atoms with Crippen molar-refractivity contribution in [3.63, 3.8) is 0 Å². The molecule has 0 aliphatic rings. The van der Waals surface area contributed by atoms with E-state index in [0.717, 1.165) is 16.7 Å². The lowest BCUT2D eigenvalue weighted by molar-refractivity contribution is 0.173. The molecule has 0 bridgehead atoms. The summed E-state index contributed by atoms with van der Waals surface area (Å²) in [6, 6.07) is 24.6. The van der Waals surface area contributed by atoms with Crippen molar-refractivity contribution in [3.05, 3.63) is 108 Å². The number of carbonyl (C=O) groups is 2. The van der Waals surface area contributed by atoms with Gasteiger partial charge in [0, 0.05) is 11.4 Å². The Morgan fingerprint density at radius 2 is 1.24 bits per heavy atom. The van der Waals surface area contributed by atoms with E-state index in [9.17, 15) is 9.59 Å². The number of ether oxygens (including phenoxy) is 2. The summed E-state index contributed by atoms with van der Waals surface area (Å²) >= 11 is 0. The Bertz CT molecular complexity index is 1110. The maximum Gasteiger partial charge on any atom is 0.411 e. The first-order valence-electron chi connectivity index (χ1n) is 10.5. The predicted molar refractivity (Wildman–Crippen MR) is 132 cm³/mol. The van der Waals surface area contributed by atoms with Crippen molar-refractivity contribution >= 4 is 35.7 Å². The quantitative estimate of drug-likeness (QED) is 0.416. The van der Waals surface area contributed by atoms with Gasteiger partial charge in [0.2, 0.25) is 0 Å². The number of anilines is 2. The molecule has 0 unspecified atom stereocenters. The third-order valence-corrected chi connectivity index (χ3v) is 4.56. The van der Waals surface area contributed by atoms with Crippen LogP contribution in [0, 0.1) is 6.92 Å². The van der Waals surface area contributed by atoms with Gasteiger partial charge in [0.25, 0.3) is 0 Å². The van der Waals surface area contributed by atoms with E-state index < -0.39 is 12.2 Å². The Morgan fingerprint density at radius 1 is 0.727 bits per heavy atom. The number of aryl methyl sites for hydroxylation is 1. The molecule has 3 aromatic rings. The monoisotopic (exact) mass is 442 g/mol. The highest BCUT2D eigenvalue weighted by Gasteiger charge is 2.08. The zero-order valence-electron chi connectivity index (χ0n) is 18.4. The Balaban J connectivity index is 1.45. The van der Waals surface area contributed by atoms with Gasteiger partial charge in [-0.2, -0.15) is 0 Å². The second kappa shape index (κ2) is 12.5. The molecule has 2 amide bonds. The molecule has 3 aromatic carbocycles. The summed E-state index contributed by atoms with van der Waals surface area (Å²) in [5.74, 6) is 0. The van der Waals surface area contributed by atoms with Crippen LogP contribution in [0.15, 0.2) is 91.0 Å². The fourth-order valence-electron chi connectivity index (χ4n) is 2.88. The lowest BCUT2D eigenvalue weighted by Gasteiger charge is -2.11. The predicted octanol–water partition coefficient (Wildman–Crippen LogP) is 6.52. The molecule has 2 N–H and O–H groups in total. The van der Waals surface area contributed by atoms with Crippen LogP contribution in [0.2, 0.25) is 0 Å². The molecule has 0 spiro atoms. The van der Waals surface area contributed by atoms with Crippen LogP contribution in [-0.4, -0.2) is 25.4 Å². The SMILES string of the molecule is Cc1ccc(NC(=O)OC/C=C/c2ccccc2)cc1NC(=O)OC/C=C/c1ccccc1. The number of hydrogen-bond donors (Lipinski definition) is 2. The van der Waals surface area contributed by atoms with Crippen LogP contribution in [0.1, 0.15) is 16.7 Å². The third-order valence-electron chi connectivity index (χ3n) is 4.56. The molecule has 3 rings (SSSR count). The number of amides is 2. The second-order valence-corrected chi connectivity index (χ2v) is 7.10. The number of carbonyl (C=O) groups excluding carboxylic acids is 2. The van der Waals surface area contributed by atoms with Gasteiger partial charge in [0.1, 0.15) is 13.2 Å². The highest BCUT2D eigenvalue weighted by atomic mass is 16.6. The van der Waals surface area contributed by atoms with Crippen molar-refractivity contribution in [1.29, 1.82) is 0 Å². The largest absolute Gasteiger partial charge is 0.445 e. The molecular weight excluding hydrogens is 416 g/mol. The molecule has 0 aliphatic heterocycles. The van der Waals surface area contributed by atoms with Crippen LogP contribution in [0.5, 0.6) is 0 Å². The normalized spacial score (nSPS) is 10.8. The lowest BCUT2D eigenvalue weighted by Crippen LogP contribution is -2.16. The Kier molecular flexibility index (Phi) is 8.85. The fourth-order valence-corrected chi connectivity index (χ4v) is 2.88. The van der Waals surface area contributed by atoms with E-state index in [4.69, 9.17) is 9.47 Å².